The number of hydrogen-bond donors (Lipinski definition) is 2. The van der Waals surface area contributed by atoms with Crippen LogP contribution in [-0.2, 0) is 4.57 Å². The van der Waals surface area contributed by atoms with E-state index in [1.54, 1.807) is 0 Å². The maximum atomic E-state index is 7.68. The first kappa shape index (κ1) is 10.1. The molecule has 42 valence electrons. The Morgan fingerprint density at radius 3 is 1.43 bits per heavy atom. The molecular formula is C2H10B2O3. The standard InChI is InChI=1S/C2H6.B2H4O3/c1-2;3-1-5-2-4/h1-2H3;1-4H. The van der Waals surface area contributed by atoms with Gasteiger partial charge in [-0.15, -0.1) is 0 Å². The van der Waals surface area contributed by atoms with Crippen molar-refractivity contribution in [2.75, 3.05) is 0 Å². The summed E-state index contributed by atoms with van der Waals surface area (Å²) in [7, 11) is -0.812. The van der Waals surface area contributed by atoms with Crippen molar-refractivity contribution in [1.29, 1.82) is 0 Å². The summed E-state index contributed by atoms with van der Waals surface area (Å²) < 4.78 is 3.94. The molecule has 0 radical (unpaired) electrons. The second-order valence-corrected chi connectivity index (χ2v) is 0.462. The summed E-state index contributed by atoms with van der Waals surface area (Å²) in [4.78, 5) is 0. The molecule has 7 heavy (non-hydrogen) atoms. The Balaban J connectivity index is 0. The molecule has 0 spiro atoms. The highest BCUT2D eigenvalue weighted by molar-refractivity contribution is 6.32. The fourth-order valence-corrected chi connectivity index (χ4v) is 0.0408. The Morgan fingerprint density at radius 1 is 1.14 bits per heavy atom. The van der Waals surface area contributed by atoms with Crippen molar-refractivity contribution in [1.82, 2.24) is 0 Å². The predicted octanol–water partition coefficient (Wildman–Crippen LogP) is -1.45. The molecule has 0 aliphatic rings. The van der Waals surface area contributed by atoms with Gasteiger partial charge in [0.15, 0.2) is 0 Å². The SMILES string of the molecule is CC.OBOBO. The fraction of sp³-hybridized carbons (Fsp3) is 1.00. The van der Waals surface area contributed by atoms with E-state index in [0.29, 0.717) is 0 Å². The van der Waals surface area contributed by atoms with Gasteiger partial charge in [0.25, 0.3) is 0 Å². The second kappa shape index (κ2) is 16.7. The summed E-state index contributed by atoms with van der Waals surface area (Å²) >= 11 is 0. The molecule has 0 aromatic heterocycles. The van der Waals surface area contributed by atoms with E-state index in [4.69, 9.17) is 10.0 Å². The minimum Gasteiger partial charge on any atom is -0.457 e. The third-order valence-electron chi connectivity index (χ3n) is 0.183. The minimum absolute atomic E-state index is 0.406. The van der Waals surface area contributed by atoms with E-state index in [-0.39, 0.29) is 0 Å². The first-order valence-electron chi connectivity index (χ1n) is 2.21. The average molecular weight is 104 g/mol. The van der Waals surface area contributed by atoms with Gasteiger partial charge in [-0.1, -0.05) is 13.8 Å². The van der Waals surface area contributed by atoms with Crippen LogP contribution in [0.2, 0.25) is 0 Å². The molecule has 0 amide bonds. The maximum Gasteiger partial charge on any atom is 0.421 e. The fourth-order valence-electron chi connectivity index (χ4n) is 0.0408. The monoisotopic (exact) mass is 104 g/mol. The molecule has 5 heteroatoms. The molecule has 0 bridgehead atoms. The third kappa shape index (κ3) is 23.9. The summed E-state index contributed by atoms with van der Waals surface area (Å²) in [5.41, 5.74) is 0. The summed E-state index contributed by atoms with van der Waals surface area (Å²) in [6.07, 6.45) is 0. The van der Waals surface area contributed by atoms with Crippen molar-refractivity contribution in [3.63, 3.8) is 0 Å². The van der Waals surface area contributed by atoms with Gasteiger partial charge in [0.05, 0.1) is 0 Å². The van der Waals surface area contributed by atoms with Crippen LogP contribution in [0.3, 0.4) is 0 Å². The van der Waals surface area contributed by atoms with Crippen LogP contribution in [0.1, 0.15) is 13.8 Å². The van der Waals surface area contributed by atoms with Crippen molar-refractivity contribution >= 4 is 15.4 Å². The van der Waals surface area contributed by atoms with Crippen LogP contribution in [0.4, 0.5) is 0 Å². The topological polar surface area (TPSA) is 49.7 Å². The Morgan fingerprint density at radius 2 is 1.43 bits per heavy atom. The van der Waals surface area contributed by atoms with Crippen LogP contribution < -0.4 is 0 Å². The summed E-state index contributed by atoms with van der Waals surface area (Å²) in [5.74, 6) is 0. The average Bonchev–Trinajstić information content (AvgIpc) is 1.75. The van der Waals surface area contributed by atoms with Gasteiger partial charge >= 0.3 is 15.4 Å². The van der Waals surface area contributed by atoms with Gasteiger partial charge < -0.3 is 14.6 Å². The molecule has 0 saturated heterocycles. The van der Waals surface area contributed by atoms with Gasteiger partial charge in [-0.25, -0.2) is 0 Å². The zero-order chi connectivity index (χ0) is 6.12. The first-order chi connectivity index (χ1) is 3.41. The van der Waals surface area contributed by atoms with E-state index < -0.39 is 15.4 Å². The van der Waals surface area contributed by atoms with Crippen molar-refractivity contribution < 1.29 is 14.6 Å². The van der Waals surface area contributed by atoms with Crippen LogP contribution in [0.15, 0.2) is 0 Å². The van der Waals surface area contributed by atoms with Crippen LogP contribution in [0.5, 0.6) is 0 Å². The number of hydrogen-bond acceptors (Lipinski definition) is 3. The smallest absolute Gasteiger partial charge is 0.421 e. The van der Waals surface area contributed by atoms with Crippen molar-refractivity contribution in [3.05, 3.63) is 0 Å². The van der Waals surface area contributed by atoms with Gasteiger partial charge in [-0.2, -0.15) is 0 Å². The normalized spacial score (nSPS) is 5.71. The Labute approximate surface area is 44.9 Å². The maximum absolute atomic E-state index is 7.68. The largest absolute Gasteiger partial charge is 0.457 e. The lowest BCUT2D eigenvalue weighted by molar-refractivity contribution is 0.408. The van der Waals surface area contributed by atoms with Crippen molar-refractivity contribution in [2.24, 2.45) is 0 Å². The van der Waals surface area contributed by atoms with E-state index in [9.17, 15) is 0 Å². The zero-order valence-electron chi connectivity index (χ0n) is 4.72. The first-order valence-corrected chi connectivity index (χ1v) is 2.21. The predicted molar refractivity (Wildman–Crippen MR) is 31.2 cm³/mol. The van der Waals surface area contributed by atoms with Crippen LogP contribution >= 0.6 is 0 Å². The van der Waals surface area contributed by atoms with E-state index in [1.165, 1.54) is 0 Å². The highest BCUT2D eigenvalue weighted by Crippen LogP contribution is 1.48. The molecule has 0 unspecified atom stereocenters. The lowest BCUT2D eigenvalue weighted by Crippen LogP contribution is -2.00. The van der Waals surface area contributed by atoms with E-state index >= 15 is 0 Å². The Bertz CT molecular complexity index is 18.4. The molecule has 0 aliphatic carbocycles. The molecule has 0 heterocycles. The van der Waals surface area contributed by atoms with Crippen molar-refractivity contribution in [2.45, 2.75) is 13.8 Å². The number of rotatable bonds is 2. The molecule has 0 aliphatic heterocycles. The van der Waals surface area contributed by atoms with Crippen LogP contribution in [0.25, 0.3) is 0 Å². The lowest BCUT2D eigenvalue weighted by atomic mass is 10.3. The van der Waals surface area contributed by atoms with Gasteiger partial charge in [-0.05, 0) is 0 Å². The zero-order valence-corrected chi connectivity index (χ0v) is 4.72. The van der Waals surface area contributed by atoms with Crippen LogP contribution in [-0.4, -0.2) is 25.4 Å². The molecule has 2 N–H and O–H groups in total. The molecule has 3 nitrogen and oxygen atoms in total. The summed E-state index contributed by atoms with van der Waals surface area (Å²) in [5, 5.41) is 15.4. The van der Waals surface area contributed by atoms with Gasteiger partial charge in [0.1, 0.15) is 0 Å². The molecule has 0 rings (SSSR count). The van der Waals surface area contributed by atoms with Crippen LogP contribution in [0, 0.1) is 0 Å². The highest BCUT2D eigenvalue weighted by Gasteiger charge is 1.77. The van der Waals surface area contributed by atoms with E-state index in [0.717, 1.165) is 0 Å². The van der Waals surface area contributed by atoms with Gasteiger partial charge in [0.2, 0.25) is 0 Å². The molecule has 0 aromatic carbocycles. The highest BCUT2D eigenvalue weighted by atomic mass is 16.5. The Hall–Kier alpha value is 0.00987. The minimum atomic E-state index is -0.406. The summed E-state index contributed by atoms with van der Waals surface area (Å²) in [6.45, 7) is 4.00. The quantitative estimate of drug-likeness (QED) is 0.421. The molecule has 0 atom stereocenters. The second-order valence-electron chi connectivity index (χ2n) is 0.462. The Kier molecular flexibility index (Phi) is 24.0. The molecule has 0 aromatic rings. The van der Waals surface area contributed by atoms with Gasteiger partial charge in [-0.3, -0.25) is 0 Å². The third-order valence-corrected chi connectivity index (χ3v) is 0.183. The molecule has 0 saturated carbocycles. The lowest BCUT2D eigenvalue weighted by Gasteiger charge is -1.80. The molecular weight excluding hydrogens is 93.6 g/mol. The van der Waals surface area contributed by atoms with Gasteiger partial charge in [0, 0.05) is 0 Å². The van der Waals surface area contributed by atoms with E-state index in [2.05, 4.69) is 4.57 Å². The summed E-state index contributed by atoms with van der Waals surface area (Å²) in [6, 6.07) is 0. The van der Waals surface area contributed by atoms with E-state index in [1.807, 2.05) is 13.8 Å². The van der Waals surface area contributed by atoms with Crippen molar-refractivity contribution in [3.8, 4) is 0 Å². The molecule has 0 fully saturated rings.